The quantitative estimate of drug-likeness (QED) is 0.0857. The standard InChI is InChI=1S/C46H77NO13/c1-11-32(41(51)52)34-16-15-26(4)39(56-34)30(8)37(49)29(7)38(50)33(12-2)40-27(5)25-28(6)45(58-40)20-18-36(57-42(53)47-23-14-24-48)46(60-45)22-21-43(10,59-46)35-17-19-44(54,13-3)31(9)55-35/h18,20,26-37,39-40,48-49,54H,11-17,19,21-25H2,1-10H3,(H,47,53)(H,51,52)/t26-,27-,28+,29-,30-,31-,32+,33-,34+,35+,36+,37+,39+,40-,43-,44+,45-,46-/m0/s1. The summed E-state index contributed by atoms with van der Waals surface area (Å²) in [5.74, 6) is -6.38. The van der Waals surface area contributed by atoms with E-state index in [1.54, 1.807) is 19.1 Å². The minimum absolute atomic E-state index is 0.0471. The molecule has 0 bridgehead atoms. The van der Waals surface area contributed by atoms with E-state index in [0.717, 1.165) is 6.42 Å². The Morgan fingerprint density at radius 3 is 2.23 bits per heavy atom. The molecule has 344 valence electrons. The van der Waals surface area contributed by atoms with Gasteiger partial charge in [-0.2, -0.15) is 0 Å². The van der Waals surface area contributed by atoms with Crippen molar-refractivity contribution < 1.29 is 63.2 Å². The molecule has 0 saturated carbocycles. The number of nitrogens with one attached hydrogen (secondary N) is 1. The molecule has 14 nitrogen and oxygen atoms in total. The molecule has 5 N–H and O–H groups in total. The predicted molar refractivity (Wildman–Crippen MR) is 223 cm³/mol. The number of rotatable bonds is 16. The lowest BCUT2D eigenvalue weighted by atomic mass is 9.72. The van der Waals surface area contributed by atoms with E-state index in [1.807, 2.05) is 48.5 Å². The largest absolute Gasteiger partial charge is 0.481 e. The maximum atomic E-state index is 14.6. The number of hydrogen-bond acceptors (Lipinski definition) is 12. The number of amides is 1. The summed E-state index contributed by atoms with van der Waals surface area (Å²) in [5, 5.41) is 44.8. The highest BCUT2D eigenvalue weighted by atomic mass is 16.8. The van der Waals surface area contributed by atoms with Crippen LogP contribution in [0.5, 0.6) is 0 Å². The van der Waals surface area contributed by atoms with Gasteiger partial charge in [0.1, 0.15) is 5.78 Å². The Kier molecular flexibility index (Phi) is 16.0. The average Bonchev–Trinajstić information content (AvgIpc) is 3.55. The van der Waals surface area contributed by atoms with Crippen molar-refractivity contribution >= 4 is 17.8 Å². The van der Waals surface area contributed by atoms with Gasteiger partial charge in [-0.3, -0.25) is 9.59 Å². The van der Waals surface area contributed by atoms with Crippen molar-refractivity contribution in [2.45, 2.75) is 205 Å². The van der Waals surface area contributed by atoms with Crippen LogP contribution in [0.1, 0.15) is 140 Å². The van der Waals surface area contributed by atoms with Gasteiger partial charge in [0.15, 0.2) is 11.9 Å². The van der Waals surface area contributed by atoms with Crippen LogP contribution in [-0.2, 0) is 38.0 Å². The number of carboxylic acid groups (broad SMARTS) is 1. The third-order valence-electron chi connectivity index (χ3n) is 15.3. The van der Waals surface area contributed by atoms with Crippen LogP contribution >= 0.6 is 0 Å². The van der Waals surface area contributed by atoms with Gasteiger partial charge in [-0.25, -0.2) is 4.79 Å². The number of aliphatic carboxylic acids is 1. The SMILES string of the molecule is CC[C@@H](C(=O)[C@@H](C)[C@@H](O)[C@H](C)[C@@H]1O[C@@H]([C@@H](CC)C(=O)O)CC[C@@H]1C)[C@H]1O[C@]2(C=C[C@@H](OC(=O)NCCCO)[C@]3(CC[C@@](C)([C@H]4CC[C@](O)(CC)[C@H](C)O4)O3)O2)[C@H](C)C[C@@H]1C. The number of ether oxygens (including phenoxy) is 6. The van der Waals surface area contributed by atoms with Crippen LogP contribution in [0.2, 0.25) is 0 Å². The monoisotopic (exact) mass is 852 g/mol. The van der Waals surface area contributed by atoms with E-state index in [1.165, 1.54) is 0 Å². The van der Waals surface area contributed by atoms with Gasteiger partial charge in [-0.1, -0.05) is 55.4 Å². The lowest BCUT2D eigenvalue weighted by Gasteiger charge is -2.54. The normalized spacial score (nSPS) is 42.0. The number of aliphatic hydroxyl groups is 3. The molecule has 0 aromatic carbocycles. The molecule has 5 aliphatic heterocycles. The van der Waals surface area contributed by atoms with Crippen LogP contribution in [0.4, 0.5) is 4.79 Å². The zero-order valence-electron chi connectivity index (χ0n) is 37.9. The fourth-order valence-electron chi connectivity index (χ4n) is 11.0. The Labute approximate surface area is 357 Å². The first-order chi connectivity index (χ1) is 28.2. The number of alkyl carbamates (subject to hydrolysis) is 1. The lowest BCUT2D eigenvalue weighted by molar-refractivity contribution is -0.408. The van der Waals surface area contributed by atoms with Gasteiger partial charge in [-0.05, 0) is 102 Å². The third-order valence-corrected chi connectivity index (χ3v) is 15.3. The summed E-state index contributed by atoms with van der Waals surface area (Å²) in [5.41, 5.74) is -1.79. The molecule has 4 fully saturated rings. The summed E-state index contributed by atoms with van der Waals surface area (Å²) in [7, 11) is 0. The van der Waals surface area contributed by atoms with Crippen LogP contribution < -0.4 is 5.32 Å². The molecule has 0 aromatic heterocycles. The van der Waals surface area contributed by atoms with Crippen molar-refractivity contribution in [2.75, 3.05) is 13.2 Å². The smallest absolute Gasteiger partial charge is 0.407 e. The van der Waals surface area contributed by atoms with Crippen LogP contribution in [0.15, 0.2) is 12.2 Å². The number of carboxylic acids is 1. The van der Waals surface area contributed by atoms with Crippen molar-refractivity contribution in [3.05, 3.63) is 12.2 Å². The average molecular weight is 852 g/mol. The Balaban J connectivity index is 1.38. The van der Waals surface area contributed by atoms with E-state index in [4.69, 9.17) is 28.4 Å². The fourth-order valence-corrected chi connectivity index (χ4v) is 11.0. The number of hydrogen-bond donors (Lipinski definition) is 5. The molecular weight excluding hydrogens is 774 g/mol. The molecule has 5 rings (SSSR count). The second kappa shape index (κ2) is 19.7. The number of aliphatic hydroxyl groups excluding tert-OH is 2. The summed E-state index contributed by atoms with van der Waals surface area (Å²) < 4.78 is 40.2. The van der Waals surface area contributed by atoms with Gasteiger partial charge >= 0.3 is 12.1 Å². The zero-order chi connectivity index (χ0) is 44.4. The first-order valence-corrected chi connectivity index (χ1v) is 23.0. The highest BCUT2D eigenvalue weighted by molar-refractivity contribution is 5.84. The number of carbonyl (C=O) groups excluding carboxylic acids is 2. The molecule has 5 heterocycles. The summed E-state index contributed by atoms with van der Waals surface area (Å²) in [6.07, 6.45) is 4.56. The van der Waals surface area contributed by atoms with Crippen molar-refractivity contribution in [3.8, 4) is 0 Å². The molecule has 4 saturated heterocycles. The second-order valence-corrected chi connectivity index (χ2v) is 19.3. The van der Waals surface area contributed by atoms with Crippen LogP contribution in [0.3, 0.4) is 0 Å². The van der Waals surface area contributed by atoms with Crippen molar-refractivity contribution in [3.63, 3.8) is 0 Å². The van der Waals surface area contributed by atoms with Gasteiger partial charge in [0.05, 0.1) is 53.7 Å². The second-order valence-electron chi connectivity index (χ2n) is 19.3. The van der Waals surface area contributed by atoms with E-state index in [0.29, 0.717) is 64.2 Å². The molecule has 60 heavy (non-hydrogen) atoms. The Bertz CT molecular complexity index is 1510. The summed E-state index contributed by atoms with van der Waals surface area (Å²) >= 11 is 0. The molecule has 2 spiro atoms. The zero-order valence-corrected chi connectivity index (χ0v) is 37.9. The maximum Gasteiger partial charge on any atom is 0.407 e. The van der Waals surface area contributed by atoms with Crippen LogP contribution in [0, 0.1) is 41.4 Å². The Morgan fingerprint density at radius 2 is 1.62 bits per heavy atom. The molecule has 0 aromatic rings. The molecule has 5 aliphatic rings. The summed E-state index contributed by atoms with van der Waals surface area (Å²) in [4.78, 5) is 39.7. The number of carbonyl (C=O) groups is 3. The van der Waals surface area contributed by atoms with E-state index in [9.17, 15) is 34.8 Å². The van der Waals surface area contributed by atoms with E-state index >= 15 is 0 Å². The van der Waals surface area contributed by atoms with Gasteiger partial charge in [0.2, 0.25) is 5.79 Å². The number of ketones is 1. The molecule has 14 heteroatoms. The van der Waals surface area contributed by atoms with Crippen LogP contribution in [-0.4, -0.2) is 117 Å². The molecule has 0 radical (unpaired) electrons. The van der Waals surface area contributed by atoms with Gasteiger partial charge in [-0.15, -0.1) is 0 Å². The minimum Gasteiger partial charge on any atom is -0.481 e. The highest BCUT2D eigenvalue weighted by Gasteiger charge is 2.64. The molecule has 1 amide bonds. The lowest BCUT2D eigenvalue weighted by Crippen LogP contribution is -2.63. The maximum absolute atomic E-state index is 14.6. The third kappa shape index (κ3) is 9.81. The van der Waals surface area contributed by atoms with Crippen molar-refractivity contribution in [1.29, 1.82) is 0 Å². The van der Waals surface area contributed by atoms with Gasteiger partial charge in [0.25, 0.3) is 0 Å². The van der Waals surface area contributed by atoms with Crippen molar-refractivity contribution in [2.24, 2.45) is 41.4 Å². The fraction of sp³-hybridized carbons (Fsp3) is 0.891. The summed E-state index contributed by atoms with van der Waals surface area (Å²) in [6.45, 7) is 19.6. The molecular formula is C46H77NO13. The summed E-state index contributed by atoms with van der Waals surface area (Å²) in [6, 6.07) is 0. The van der Waals surface area contributed by atoms with Gasteiger partial charge in [0, 0.05) is 43.2 Å². The van der Waals surface area contributed by atoms with E-state index in [2.05, 4.69) is 19.2 Å². The van der Waals surface area contributed by atoms with Gasteiger partial charge < -0.3 is 54.2 Å². The molecule has 0 aliphatic carbocycles. The van der Waals surface area contributed by atoms with Crippen LogP contribution in [0.25, 0.3) is 0 Å². The molecule has 18 atom stereocenters. The van der Waals surface area contributed by atoms with E-state index in [-0.39, 0.29) is 42.8 Å². The first-order valence-electron chi connectivity index (χ1n) is 23.0. The highest BCUT2D eigenvalue weighted by Crippen LogP contribution is 2.54. The number of Topliss-reactive ketones (excluding diaryl/α,β-unsaturated/α-hetero) is 1. The van der Waals surface area contributed by atoms with Crippen molar-refractivity contribution in [1.82, 2.24) is 5.32 Å². The Hall–Kier alpha value is -2.17. The predicted octanol–water partition coefficient (Wildman–Crippen LogP) is 6.30. The topological polar surface area (TPSA) is 200 Å². The van der Waals surface area contributed by atoms with E-state index < -0.39 is 95.1 Å². The minimum atomic E-state index is -1.47. The Morgan fingerprint density at radius 1 is 0.917 bits per heavy atom. The molecule has 0 unspecified atom stereocenters. The first kappa shape index (κ1) is 48.9.